The van der Waals surface area contributed by atoms with E-state index in [0.717, 1.165) is 15.7 Å². The van der Waals surface area contributed by atoms with Gasteiger partial charge in [-0.1, -0.05) is 20.8 Å². The van der Waals surface area contributed by atoms with E-state index in [1.54, 1.807) is 23.6 Å². The Morgan fingerprint density at radius 2 is 2.00 bits per heavy atom. The molecule has 0 bridgehead atoms. The third-order valence-electron chi connectivity index (χ3n) is 2.35. The van der Waals surface area contributed by atoms with Crippen LogP contribution in [0.5, 0.6) is 0 Å². The Kier molecular flexibility index (Phi) is 4.01. The van der Waals surface area contributed by atoms with Crippen molar-refractivity contribution in [3.8, 4) is 10.7 Å². The van der Waals surface area contributed by atoms with Crippen molar-refractivity contribution in [2.75, 3.05) is 6.61 Å². The van der Waals surface area contributed by atoms with E-state index in [1.807, 2.05) is 5.38 Å². The van der Waals surface area contributed by atoms with Gasteiger partial charge < -0.3 is 4.74 Å². The third kappa shape index (κ3) is 3.19. The molecule has 0 atom stereocenters. The Balaban J connectivity index is 2.23. The molecule has 2 rings (SSSR count). The minimum atomic E-state index is -0.378. The highest BCUT2D eigenvalue weighted by atomic mass is 32.1. The summed E-state index contributed by atoms with van der Waals surface area (Å²) in [5.41, 5.74) is 1.21. The molecule has 2 aromatic heterocycles. The Bertz CT molecular complexity index is 581. The van der Waals surface area contributed by atoms with E-state index in [-0.39, 0.29) is 11.4 Å². The molecule has 0 radical (unpaired) electrons. The lowest BCUT2D eigenvalue weighted by Gasteiger charge is -2.13. The van der Waals surface area contributed by atoms with Gasteiger partial charge in [-0.15, -0.1) is 22.7 Å². The highest BCUT2D eigenvalue weighted by molar-refractivity contribution is 7.14. The largest absolute Gasteiger partial charge is 0.461 e. The summed E-state index contributed by atoms with van der Waals surface area (Å²) in [5, 5.41) is 5.52. The van der Waals surface area contributed by atoms with Gasteiger partial charge in [-0.2, -0.15) is 0 Å². The molecule has 0 saturated carbocycles. The molecule has 0 aliphatic heterocycles. The molecule has 0 saturated heterocycles. The lowest BCUT2D eigenvalue weighted by atomic mass is 9.98. The molecule has 4 nitrogen and oxygen atoms in total. The number of esters is 1. The van der Waals surface area contributed by atoms with E-state index in [4.69, 9.17) is 4.74 Å². The molecule has 2 aromatic rings. The minimum Gasteiger partial charge on any atom is -0.461 e. The van der Waals surface area contributed by atoms with Gasteiger partial charge >= 0.3 is 5.97 Å². The van der Waals surface area contributed by atoms with Crippen molar-refractivity contribution in [3.63, 3.8) is 0 Å². The molecule has 0 aliphatic rings. The second-order valence-electron chi connectivity index (χ2n) is 5.05. The zero-order valence-corrected chi connectivity index (χ0v) is 13.0. The van der Waals surface area contributed by atoms with E-state index in [2.05, 4.69) is 30.7 Å². The number of hydrogen-bond donors (Lipinski definition) is 0. The molecular weight excluding hydrogens is 280 g/mol. The highest BCUT2D eigenvalue weighted by Gasteiger charge is 2.20. The summed E-state index contributed by atoms with van der Waals surface area (Å²) in [4.78, 5) is 20.4. The van der Waals surface area contributed by atoms with Crippen LogP contribution in [0, 0.1) is 0 Å². The Labute approximate surface area is 120 Å². The van der Waals surface area contributed by atoms with Crippen LogP contribution in [0.15, 0.2) is 10.8 Å². The average molecular weight is 296 g/mol. The molecule has 0 aliphatic carbocycles. The van der Waals surface area contributed by atoms with E-state index in [9.17, 15) is 4.79 Å². The van der Waals surface area contributed by atoms with Crippen LogP contribution in [0.4, 0.5) is 0 Å². The molecule has 102 valence electrons. The van der Waals surface area contributed by atoms with Gasteiger partial charge in [-0.05, 0) is 6.92 Å². The Morgan fingerprint density at radius 3 is 2.58 bits per heavy atom. The number of nitrogens with zero attached hydrogens (tertiary/aromatic N) is 2. The summed E-state index contributed by atoms with van der Waals surface area (Å²) in [5.74, 6) is -0.378. The lowest BCUT2D eigenvalue weighted by Crippen LogP contribution is -2.10. The molecule has 0 aromatic carbocycles. The molecule has 2 heterocycles. The fourth-order valence-electron chi connectivity index (χ4n) is 1.41. The smallest absolute Gasteiger partial charge is 0.357 e. The Hall–Kier alpha value is -1.27. The quantitative estimate of drug-likeness (QED) is 0.810. The fraction of sp³-hybridized carbons (Fsp3) is 0.462. The maximum absolute atomic E-state index is 11.6. The molecule has 19 heavy (non-hydrogen) atoms. The second-order valence-corrected chi connectivity index (χ2v) is 6.76. The van der Waals surface area contributed by atoms with Crippen molar-refractivity contribution in [1.82, 2.24) is 9.97 Å². The third-order valence-corrected chi connectivity index (χ3v) is 4.49. The molecule has 0 unspecified atom stereocenters. The number of hydrogen-bond acceptors (Lipinski definition) is 6. The predicted octanol–water partition coefficient (Wildman–Crippen LogP) is 3.74. The first-order chi connectivity index (χ1) is 8.91. The van der Waals surface area contributed by atoms with E-state index in [0.29, 0.717) is 12.3 Å². The summed E-state index contributed by atoms with van der Waals surface area (Å²) < 4.78 is 4.92. The summed E-state index contributed by atoms with van der Waals surface area (Å²) >= 11 is 3.03. The normalized spacial score (nSPS) is 11.6. The van der Waals surface area contributed by atoms with Gasteiger partial charge in [0.1, 0.15) is 10.7 Å². The summed E-state index contributed by atoms with van der Waals surface area (Å²) in [7, 11) is 0. The first-order valence-corrected chi connectivity index (χ1v) is 7.76. The van der Waals surface area contributed by atoms with Gasteiger partial charge in [0.2, 0.25) is 0 Å². The van der Waals surface area contributed by atoms with Crippen molar-refractivity contribution in [1.29, 1.82) is 0 Å². The van der Waals surface area contributed by atoms with Crippen LogP contribution in [0.1, 0.15) is 43.2 Å². The second kappa shape index (κ2) is 5.38. The number of rotatable bonds is 3. The van der Waals surface area contributed by atoms with Gasteiger partial charge in [0.25, 0.3) is 0 Å². The fourth-order valence-corrected chi connectivity index (χ4v) is 3.12. The van der Waals surface area contributed by atoms with Crippen molar-refractivity contribution < 1.29 is 9.53 Å². The maximum Gasteiger partial charge on any atom is 0.357 e. The zero-order valence-electron chi connectivity index (χ0n) is 11.4. The lowest BCUT2D eigenvalue weighted by molar-refractivity contribution is 0.0520. The van der Waals surface area contributed by atoms with Crippen molar-refractivity contribution >= 4 is 28.6 Å². The van der Waals surface area contributed by atoms with Gasteiger partial charge in [-0.25, -0.2) is 14.8 Å². The molecule has 0 amide bonds. The average Bonchev–Trinajstić information content (AvgIpc) is 2.97. The standard InChI is InChI=1S/C13H16N2O2S2/c1-5-17-11(16)9-7-18-10(14-9)8-6-19-12(15-8)13(2,3)4/h6-7H,5H2,1-4H3. The van der Waals surface area contributed by atoms with Crippen LogP contribution in [0.2, 0.25) is 0 Å². The summed E-state index contributed by atoms with van der Waals surface area (Å²) in [6.45, 7) is 8.52. The number of carbonyl (C=O) groups excluding carboxylic acids is 1. The first kappa shape index (κ1) is 14.1. The van der Waals surface area contributed by atoms with Crippen molar-refractivity contribution in [2.24, 2.45) is 0 Å². The number of thiazole rings is 2. The van der Waals surface area contributed by atoms with E-state index in [1.165, 1.54) is 11.3 Å². The first-order valence-electron chi connectivity index (χ1n) is 6.01. The van der Waals surface area contributed by atoms with Crippen molar-refractivity contribution in [2.45, 2.75) is 33.1 Å². The van der Waals surface area contributed by atoms with E-state index >= 15 is 0 Å². The summed E-state index contributed by atoms with van der Waals surface area (Å²) in [6.07, 6.45) is 0. The summed E-state index contributed by atoms with van der Waals surface area (Å²) in [6, 6.07) is 0. The van der Waals surface area contributed by atoms with Crippen LogP contribution in [0.3, 0.4) is 0 Å². The van der Waals surface area contributed by atoms with Crippen LogP contribution >= 0.6 is 22.7 Å². The molecule has 0 spiro atoms. The Morgan fingerprint density at radius 1 is 1.26 bits per heavy atom. The SMILES string of the molecule is CCOC(=O)c1csc(-c2csc(C(C)(C)C)n2)n1. The monoisotopic (exact) mass is 296 g/mol. The maximum atomic E-state index is 11.6. The number of carbonyl (C=O) groups is 1. The topological polar surface area (TPSA) is 52.1 Å². The number of aromatic nitrogens is 2. The predicted molar refractivity (Wildman–Crippen MR) is 77.9 cm³/mol. The van der Waals surface area contributed by atoms with Gasteiger partial charge in [0, 0.05) is 16.2 Å². The van der Waals surface area contributed by atoms with Crippen LogP contribution in [-0.2, 0) is 10.2 Å². The van der Waals surface area contributed by atoms with Crippen LogP contribution < -0.4 is 0 Å². The van der Waals surface area contributed by atoms with Gasteiger partial charge in [0.05, 0.1) is 11.6 Å². The van der Waals surface area contributed by atoms with Crippen LogP contribution in [0.25, 0.3) is 10.7 Å². The van der Waals surface area contributed by atoms with Gasteiger partial charge in [-0.3, -0.25) is 0 Å². The van der Waals surface area contributed by atoms with Crippen molar-refractivity contribution in [3.05, 3.63) is 21.5 Å². The molecular formula is C13H16N2O2S2. The molecule has 6 heteroatoms. The molecule has 0 fully saturated rings. The number of ether oxygens (including phenoxy) is 1. The zero-order chi connectivity index (χ0) is 14.0. The van der Waals surface area contributed by atoms with Crippen LogP contribution in [-0.4, -0.2) is 22.5 Å². The van der Waals surface area contributed by atoms with Gasteiger partial charge in [0.15, 0.2) is 5.69 Å². The van der Waals surface area contributed by atoms with E-state index < -0.39 is 0 Å². The molecule has 0 N–H and O–H groups in total. The minimum absolute atomic E-state index is 0.0319. The highest BCUT2D eigenvalue weighted by Crippen LogP contribution is 2.31.